The molecule has 0 aliphatic carbocycles. The highest BCUT2D eigenvalue weighted by Gasteiger charge is 2.31. The number of alkyl halides is 1. The Labute approximate surface area is 84.3 Å². The number of hydrogen-bond donors (Lipinski definition) is 1. The van der Waals surface area contributed by atoms with Crippen LogP contribution in [0.1, 0.15) is 24.8 Å². The Balaban J connectivity index is 2.21. The van der Waals surface area contributed by atoms with Crippen LogP contribution in [0.5, 0.6) is 0 Å². The van der Waals surface area contributed by atoms with Crippen molar-refractivity contribution in [3.8, 4) is 0 Å². The van der Waals surface area contributed by atoms with Crippen molar-refractivity contribution in [2.45, 2.75) is 24.9 Å². The van der Waals surface area contributed by atoms with Crippen LogP contribution in [0.15, 0.2) is 30.3 Å². The zero-order valence-corrected chi connectivity index (χ0v) is 8.30. The van der Waals surface area contributed by atoms with E-state index >= 15 is 0 Å². The van der Waals surface area contributed by atoms with Crippen molar-refractivity contribution in [1.82, 2.24) is 5.32 Å². The van der Waals surface area contributed by atoms with Gasteiger partial charge in [-0.3, -0.25) is 0 Å². The van der Waals surface area contributed by atoms with Crippen molar-refractivity contribution >= 4 is 0 Å². The molecule has 14 heavy (non-hydrogen) atoms. The lowest BCUT2D eigenvalue weighted by molar-refractivity contribution is 0.145. The van der Waals surface area contributed by atoms with Crippen molar-refractivity contribution in [3.05, 3.63) is 35.9 Å². The summed E-state index contributed by atoms with van der Waals surface area (Å²) < 4.78 is 14.5. The van der Waals surface area contributed by atoms with Crippen LogP contribution in [-0.2, 0) is 5.67 Å². The molecule has 2 heteroatoms. The molecule has 0 amide bonds. The van der Waals surface area contributed by atoms with E-state index in [1.807, 2.05) is 30.3 Å². The quantitative estimate of drug-likeness (QED) is 0.723. The Hall–Kier alpha value is -0.890. The van der Waals surface area contributed by atoms with E-state index in [2.05, 4.69) is 5.32 Å². The van der Waals surface area contributed by atoms with Gasteiger partial charge in [-0.05, 0) is 37.9 Å². The minimum Gasteiger partial charge on any atom is -0.317 e. The molecule has 0 saturated carbocycles. The van der Waals surface area contributed by atoms with Crippen LogP contribution in [0.4, 0.5) is 4.39 Å². The van der Waals surface area contributed by atoms with Crippen molar-refractivity contribution < 1.29 is 4.39 Å². The van der Waals surface area contributed by atoms with Crippen molar-refractivity contribution in [1.29, 1.82) is 0 Å². The summed E-state index contributed by atoms with van der Waals surface area (Å²) in [6.07, 6.45) is 2.16. The second-order valence-corrected chi connectivity index (χ2v) is 3.93. The molecule has 1 aliphatic heterocycles. The van der Waals surface area contributed by atoms with Crippen LogP contribution in [0, 0.1) is 0 Å². The standard InChI is InChI=1S/C12H16FN/c13-12(7-4-9-14-10-8-12)11-5-2-1-3-6-11/h1-3,5-6,14H,4,7-10H2/t12-/m1/s1. The molecule has 0 radical (unpaired) electrons. The lowest BCUT2D eigenvalue weighted by atomic mass is 9.89. The van der Waals surface area contributed by atoms with Gasteiger partial charge in [0.1, 0.15) is 5.67 Å². The Bertz CT molecular complexity index is 276. The van der Waals surface area contributed by atoms with Crippen LogP contribution >= 0.6 is 0 Å². The summed E-state index contributed by atoms with van der Waals surface area (Å²) in [7, 11) is 0. The Morgan fingerprint density at radius 2 is 1.86 bits per heavy atom. The molecule has 1 aliphatic rings. The van der Waals surface area contributed by atoms with Gasteiger partial charge in [0.2, 0.25) is 0 Å². The zero-order chi connectivity index (χ0) is 9.86. The van der Waals surface area contributed by atoms with E-state index in [1.165, 1.54) is 0 Å². The average molecular weight is 193 g/mol. The topological polar surface area (TPSA) is 12.0 Å². The second kappa shape index (κ2) is 4.09. The van der Waals surface area contributed by atoms with Gasteiger partial charge in [0, 0.05) is 0 Å². The number of benzene rings is 1. The van der Waals surface area contributed by atoms with Crippen LogP contribution < -0.4 is 5.32 Å². The van der Waals surface area contributed by atoms with Gasteiger partial charge in [-0.2, -0.15) is 0 Å². The van der Waals surface area contributed by atoms with Crippen LogP contribution in [0.2, 0.25) is 0 Å². The zero-order valence-electron chi connectivity index (χ0n) is 8.30. The maximum Gasteiger partial charge on any atom is 0.137 e. The number of hydrogen-bond acceptors (Lipinski definition) is 1. The SMILES string of the molecule is F[C@]1(c2ccccc2)CCCNCC1. The fraction of sp³-hybridized carbons (Fsp3) is 0.500. The largest absolute Gasteiger partial charge is 0.317 e. The highest BCUT2D eigenvalue weighted by molar-refractivity contribution is 5.22. The lowest BCUT2D eigenvalue weighted by Gasteiger charge is -2.23. The molecular formula is C12H16FN. The highest BCUT2D eigenvalue weighted by Crippen LogP contribution is 2.35. The van der Waals surface area contributed by atoms with Crippen LogP contribution in [0.25, 0.3) is 0 Å². The minimum absolute atomic E-state index is 0.594. The molecule has 0 unspecified atom stereocenters. The molecule has 1 nitrogen and oxygen atoms in total. The predicted molar refractivity (Wildman–Crippen MR) is 55.9 cm³/mol. The molecule has 0 spiro atoms. The molecule has 2 rings (SSSR count). The van der Waals surface area contributed by atoms with Crippen LogP contribution in [0.3, 0.4) is 0 Å². The van der Waals surface area contributed by atoms with Crippen molar-refractivity contribution in [2.75, 3.05) is 13.1 Å². The smallest absolute Gasteiger partial charge is 0.137 e. The van der Waals surface area contributed by atoms with Crippen molar-refractivity contribution in [3.63, 3.8) is 0 Å². The van der Waals surface area contributed by atoms with E-state index < -0.39 is 5.67 Å². The lowest BCUT2D eigenvalue weighted by Crippen LogP contribution is -2.22. The van der Waals surface area contributed by atoms with Gasteiger partial charge in [-0.15, -0.1) is 0 Å². The fourth-order valence-corrected chi connectivity index (χ4v) is 2.06. The molecule has 76 valence electrons. The van der Waals surface area contributed by atoms with Gasteiger partial charge in [0.15, 0.2) is 0 Å². The number of halogens is 1. The first-order valence-electron chi connectivity index (χ1n) is 5.26. The molecule has 1 aromatic carbocycles. The predicted octanol–water partition coefficient (Wildman–Crippen LogP) is 2.62. The molecule has 1 aromatic rings. The van der Waals surface area contributed by atoms with Gasteiger partial charge in [-0.25, -0.2) is 4.39 Å². The van der Waals surface area contributed by atoms with E-state index in [9.17, 15) is 4.39 Å². The third-order valence-electron chi connectivity index (χ3n) is 2.92. The summed E-state index contributed by atoms with van der Waals surface area (Å²) in [6.45, 7) is 1.73. The Kier molecular flexibility index (Phi) is 2.82. The second-order valence-electron chi connectivity index (χ2n) is 3.93. The third-order valence-corrected chi connectivity index (χ3v) is 2.92. The van der Waals surface area contributed by atoms with Crippen molar-refractivity contribution in [2.24, 2.45) is 0 Å². The monoisotopic (exact) mass is 193 g/mol. The highest BCUT2D eigenvalue weighted by atomic mass is 19.1. The summed E-state index contributed by atoms with van der Waals surface area (Å²) in [6, 6.07) is 9.54. The number of rotatable bonds is 1. The molecule has 1 fully saturated rings. The van der Waals surface area contributed by atoms with E-state index in [0.717, 1.165) is 25.1 Å². The molecule has 1 heterocycles. The van der Waals surface area contributed by atoms with E-state index in [1.54, 1.807) is 0 Å². The maximum absolute atomic E-state index is 14.5. The van der Waals surface area contributed by atoms with E-state index in [4.69, 9.17) is 0 Å². The molecule has 1 N–H and O–H groups in total. The summed E-state index contributed by atoms with van der Waals surface area (Å²) >= 11 is 0. The molecule has 1 atom stereocenters. The molecular weight excluding hydrogens is 177 g/mol. The molecule has 0 aromatic heterocycles. The first kappa shape index (κ1) is 9.66. The summed E-state index contributed by atoms with van der Waals surface area (Å²) in [4.78, 5) is 0. The normalized spacial score (nSPS) is 28.4. The average Bonchev–Trinajstić information content (AvgIpc) is 2.46. The first-order valence-corrected chi connectivity index (χ1v) is 5.26. The van der Waals surface area contributed by atoms with Gasteiger partial charge < -0.3 is 5.32 Å². The first-order chi connectivity index (χ1) is 6.81. The minimum atomic E-state index is -1.11. The van der Waals surface area contributed by atoms with Crippen LogP contribution in [-0.4, -0.2) is 13.1 Å². The van der Waals surface area contributed by atoms with Gasteiger partial charge in [0.05, 0.1) is 0 Å². The van der Waals surface area contributed by atoms with Gasteiger partial charge in [0.25, 0.3) is 0 Å². The summed E-state index contributed by atoms with van der Waals surface area (Å²) in [5.41, 5.74) is -0.270. The summed E-state index contributed by atoms with van der Waals surface area (Å²) in [5.74, 6) is 0. The number of nitrogens with one attached hydrogen (secondary N) is 1. The van der Waals surface area contributed by atoms with Gasteiger partial charge in [-0.1, -0.05) is 30.3 Å². The maximum atomic E-state index is 14.5. The summed E-state index contributed by atoms with van der Waals surface area (Å²) in [5, 5.41) is 3.23. The van der Waals surface area contributed by atoms with E-state index in [0.29, 0.717) is 12.8 Å². The van der Waals surface area contributed by atoms with Gasteiger partial charge >= 0.3 is 0 Å². The third kappa shape index (κ3) is 1.95. The Morgan fingerprint density at radius 1 is 1.07 bits per heavy atom. The van der Waals surface area contributed by atoms with E-state index in [-0.39, 0.29) is 0 Å². The molecule has 0 bridgehead atoms. The molecule has 1 saturated heterocycles. The Morgan fingerprint density at radius 3 is 2.64 bits per heavy atom. The fourth-order valence-electron chi connectivity index (χ4n) is 2.06.